The average Bonchev–Trinajstić information content (AvgIpc) is 2.84. The van der Waals surface area contributed by atoms with E-state index in [4.69, 9.17) is 19.3 Å². The Morgan fingerprint density at radius 1 is 0.971 bits per heavy atom. The van der Waals surface area contributed by atoms with Crippen LogP contribution in [0.2, 0.25) is 0 Å². The molecule has 0 aliphatic heterocycles. The number of hydrogen-bond donors (Lipinski definition) is 2. The minimum atomic E-state index is -0.974. The van der Waals surface area contributed by atoms with Crippen LogP contribution < -0.4 is 19.6 Å². The third-order valence-electron chi connectivity index (χ3n) is 4.66. The van der Waals surface area contributed by atoms with Gasteiger partial charge in [-0.15, -0.1) is 0 Å². The highest BCUT2D eigenvalue weighted by molar-refractivity contribution is 14.1. The summed E-state index contributed by atoms with van der Waals surface area (Å²) in [6.45, 7) is 2.56. The van der Waals surface area contributed by atoms with E-state index >= 15 is 0 Å². The van der Waals surface area contributed by atoms with Gasteiger partial charge in [0.15, 0.2) is 11.5 Å². The van der Waals surface area contributed by atoms with Crippen molar-refractivity contribution in [1.82, 2.24) is 5.43 Å². The largest absolute Gasteiger partial charge is 0.496 e. The van der Waals surface area contributed by atoms with Crippen LogP contribution in [0.25, 0.3) is 0 Å². The standard InChI is InChI=1S/C25H23IN2O6/c1-3-33-23-12-17(14-27-28-24(29)19-9-10-20(26)22(13-19)32-2)6-11-21(23)34-15-16-4-7-18(8-5-16)25(30)31/h4-14H,3,15H2,1-2H3,(H,28,29)(H,30,31). The molecule has 3 rings (SSSR count). The molecule has 0 aromatic heterocycles. The number of hydrazone groups is 1. The number of carboxylic acid groups (broad SMARTS) is 1. The van der Waals surface area contributed by atoms with Gasteiger partial charge in [0.25, 0.3) is 5.91 Å². The fourth-order valence-electron chi connectivity index (χ4n) is 2.93. The molecule has 0 spiro atoms. The smallest absolute Gasteiger partial charge is 0.335 e. The molecule has 0 radical (unpaired) electrons. The maximum atomic E-state index is 12.4. The molecule has 0 saturated heterocycles. The number of hydrogen-bond acceptors (Lipinski definition) is 6. The van der Waals surface area contributed by atoms with Crippen molar-refractivity contribution in [2.24, 2.45) is 5.10 Å². The van der Waals surface area contributed by atoms with Gasteiger partial charge in [0, 0.05) is 5.56 Å². The van der Waals surface area contributed by atoms with Gasteiger partial charge in [-0.05, 0) is 89.2 Å². The molecule has 8 nitrogen and oxygen atoms in total. The Kier molecular flexibility index (Phi) is 8.86. The molecule has 0 heterocycles. The molecule has 176 valence electrons. The SMILES string of the molecule is CCOc1cc(C=NNC(=O)c2ccc(I)c(OC)c2)ccc1OCc1ccc(C(=O)O)cc1. The number of benzene rings is 3. The van der Waals surface area contributed by atoms with Crippen molar-refractivity contribution in [3.63, 3.8) is 0 Å². The Morgan fingerprint density at radius 2 is 1.71 bits per heavy atom. The van der Waals surface area contributed by atoms with E-state index in [1.54, 1.807) is 55.6 Å². The molecule has 0 fully saturated rings. The number of carboxylic acids is 1. The van der Waals surface area contributed by atoms with Crippen molar-refractivity contribution in [2.45, 2.75) is 13.5 Å². The molecule has 2 N–H and O–H groups in total. The monoisotopic (exact) mass is 574 g/mol. The Labute approximate surface area is 210 Å². The predicted octanol–water partition coefficient (Wildman–Crippen LogP) is 4.74. The van der Waals surface area contributed by atoms with Crippen LogP contribution in [0.1, 0.15) is 38.8 Å². The molecule has 1 amide bonds. The van der Waals surface area contributed by atoms with Crippen LogP contribution in [-0.2, 0) is 6.61 Å². The lowest BCUT2D eigenvalue weighted by Crippen LogP contribution is -2.17. The molecule has 34 heavy (non-hydrogen) atoms. The Hall–Kier alpha value is -3.60. The summed E-state index contributed by atoms with van der Waals surface area (Å²) in [5.41, 5.74) is 4.69. The van der Waals surface area contributed by atoms with Crippen molar-refractivity contribution in [3.05, 3.63) is 86.5 Å². The number of rotatable bonds is 10. The van der Waals surface area contributed by atoms with Crippen LogP contribution in [0, 0.1) is 3.57 Å². The van der Waals surface area contributed by atoms with Gasteiger partial charge in [-0.3, -0.25) is 4.79 Å². The zero-order valence-electron chi connectivity index (χ0n) is 18.6. The third-order valence-corrected chi connectivity index (χ3v) is 5.55. The molecular weight excluding hydrogens is 551 g/mol. The molecular formula is C25H23IN2O6. The van der Waals surface area contributed by atoms with Crippen molar-refractivity contribution >= 4 is 40.7 Å². The fraction of sp³-hybridized carbons (Fsp3) is 0.160. The van der Waals surface area contributed by atoms with Crippen LogP contribution >= 0.6 is 22.6 Å². The Morgan fingerprint density at radius 3 is 2.38 bits per heavy atom. The second kappa shape index (κ2) is 12.0. The lowest BCUT2D eigenvalue weighted by molar-refractivity contribution is 0.0696. The van der Waals surface area contributed by atoms with Gasteiger partial charge in [-0.2, -0.15) is 5.10 Å². The van der Waals surface area contributed by atoms with Crippen LogP contribution in [-0.4, -0.2) is 36.9 Å². The maximum Gasteiger partial charge on any atom is 0.335 e. The first-order valence-corrected chi connectivity index (χ1v) is 11.4. The van der Waals surface area contributed by atoms with Gasteiger partial charge in [0.2, 0.25) is 0 Å². The Bertz CT molecular complexity index is 1190. The van der Waals surface area contributed by atoms with Crippen molar-refractivity contribution in [2.75, 3.05) is 13.7 Å². The van der Waals surface area contributed by atoms with Gasteiger partial charge in [0.05, 0.1) is 29.1 Å². The van der Waals surface area contributed by atoms with E-state index in [1.165, 1.54) is 18.3 Å². The number of amides is 1. The zero-order chi connectivity index (χ0) is 24.5. The summed E-state index contributed by atoms with van der Waals surface area (Å²) in [6, 6.07) is 16.9. The topological polar surface area (TPSA) is 106 Å². The average molecular weight is 574 g/mol. The molecule has 0 bridgehead atoms. The molecule has 0 aliphatic carbocycles. The van der Waals surface area contributed by atoms with E-state index in [-0.39, 0.29) is 18.1 Å². The number of nitrogens with zero attached hydrogens (tertiary/aromatic N) is 1. The third kappa shape index (κ3) is 6.70. The lowest BCUT2D eigenvalue weighted by Gasteiger charge is -2.13. The van der Waals surface area contributed by atoms with E-state index in [1.807, 2.05) is 6.92 Å². The van der Waals surface area contributed by atoms with Gasteiger partial charge in [-0.1, -0.05) is 12.1 Å². The number of nitrogens with one attached hydrogen (secondary N) is 1. The van der Waals surface area contributed by atoms with Gasteiger partial charge >= 0.3 is 5.97 Å². The summed E-state index contributed by atoms with van der Waals surface area (Å²) in [7, 11) is 1.55. The first kappa shape index (κ1) is 25.0. The fourth-order valence-corrected chi connectivity index (χ4v) is 3.48. The van der Waals surface area contributed by atoms with Crippen molar-refractivity contribution in [3.8, 4) is 17.2 Å². The van der Waals surface area contributed by atoms with Crippen molar-refractivity contribution in [1.29, 1.82) is 0 Å². The van der Waals surface area contributed by atoms with E-state index in [2.05, 4.69) is 33.1 Å². The van der Waals surface area contributed by atoms with E-state index < -0.39 is 5.97 Å². The quantitative estimate of drug-likeness (QED) is 0.206. The van der Waals surface area contributed by atoms with Crippen LogP contribution in [0.4, 0.5) is 0 Å². The molecule has 0 unspecified atom stereocenters. The molecule has 0 saturated carbocycles. The summed E-state index contributed by atoms with van der Waals surface area (Å²) >= 11 is 2.13. The highest BCUT2D eigenvalue weighted by atomic mass is 127. The summed E-state index contributed by atoms with van der Waals surface area (Å²) in [5.74, 6) is 0.355. The minimum absolute atomic E-state index is 0.218. The van der Waals surface area contributed by atoms with E-state index in [0.717, 1.165) is 9.13 Å². The summed E-state index contributed by atoms with van der Waals surface area (Å²) in [4.78, 5) is 23.3. The highest BCUT2D eigenvalue weighted by Gasteiger charge is 2.10. The van der Waals surface area contributed by atoms with Gasteiger partial charge in [0.1, 0.15) is 12.4 Å². The summed E-state index contributed by atoms with van der Waals surface area (Å²) in [5, 5.41) is 13.0. The summed E-state index contributed by atoms with van der Waals surface area (Å²) in [6.07, 6.45) is 1.51. The number of ether oxygens (including phenoxy) is 3. The number of aromatic carboxylic acids is 1. The number of carbonyl (C=O) groups is 2. The second-order valence-corrected chi connectivity index (χ2v) is 8.14. The molecule has 3 aromatic carbocycles. The van der Waals surface area contributed by atoms with Crippen LogP contribution in [0.3, 0.4) is 0 Å². The highest BCUT2D eigenvalue weighted by Crippen LogP contribution is 2.29. The summed E-state index contributed by atoms with van der Waals surface area (Å²) < 4.78 is 17.7. The predicted molar refractivity (Wildman–Crippen MR) is 136 cm³/mol. The lowest BCUT2D eigenvalue weighted by atomic mass is 10.1. The van der Waals surface area contributed by atoms with Crippen LogP contribution in [0.15, 0.2) is 65.8 Å². The molecule has 9 heteroatoms. The second-order valence-electron chi connectivity index (χ2n) is 6.98. The van der Waals surface area contributed by atoms with E-state index in [0.29, 0.717) is 35.0 Å². The number of halogens is 1. The normalized spacial score (nSPS) is 10.7. The zero-order valence-corrected chi connectivity index (χ0v) is 20.7. The maximum absolute atomic E-state index is 12.4. The first-order chi connectivity index (χ1) is 16.4. The molecule has 3 aromatic rings. The Balaban J connectivity index is 1.65. The number of methoxy groups -OCH3 is 1. The van der Waals surface area contributed by atoms with Crippen molar-refractivity contribution < 1.29 is 28.9 Å². The van der Waals surface area contributed by atoms with Crippen LogP contribution in [0.5, 0.6) is 17.2 Å². The minimum Gasteiger partial charge on any atom is -0.496 e. The van der Waals surface area contributed by atoms with Gasteiger partial charge < -0.3 is 19.3 Å². The molecule has 0 atom stereocenters. The first-order valence-electron chi connectivity index (χ1n) is 10.3. The van der Waals surface area contributed by atoms with Gasteiger partial charge in [-0.25, -0.2) is 10.2 Å². The molecule has 0 aliphatic rings. The number of carbonyl (C=O) groups excluding carboxylic acids is 1. The van der Waals surface area contributed by atoms with E-state index in [9.17, 15) is 9.59 Å².